The molecule has 1 amide bonds. The highest BCUT2D eigenvalue weighted by molar-refractivity contribution is 5.75. The van der Waals surface area contributed by atoms with Crippen LogP contribution in [0.25, 0.3) is 0 Å². The maximum Gasteiger partial charge on any atom is 0.222 e. The molecule has 30 heavy (non-hydrogen) atoms. The third-order valence-electron chi connectivity index (χ3n) is 5.10. The van der Waals surface area contributed by atoms with E-state index < -0.39 is 0 Å². The molecule has 0 aliphatic rings. The summed E-state index contributed by atoms with van der Waals surface area (Å²) in [4.78, 5) is 14.6. The molecule has 3 rings (SSSR count). The van der Waals surface area contributed by atoms with Crippen LogP contribution < -0.4 is 4.74 Å². The maximum absolute atomic E-state index is 12.6. The van der Waals surface area contributed by atoms with Crippen molar-refractivity contribution in [3.8, 4) is 5.75 Å². The van der Waals surface area contributed by atoms with Gasteiger partial charge in [-0.2, -0.15) is 0 Å². The maximum atomic E-state index is 12.6. The van der Waals surface area contributed by atoms with Gasteiger partial charge in [0.25, 0.3) is 0 Å². The van der Waals surface area contributed by atoms with E-state index in [1.807, 2.05) is 80.3 Å². The minimum atomic E-state index is 0.121. The van der Waals surface area contributed by atoms with Crippen LogP contribution in [-0.4, -0.2) is 23.5 Å². The molecule has 3 aromatic rings. The summed E-state index contributed by atoms with van der Waals surface area (Å²) >= 11 is 0. The highest BCUT2D eigenvalue weighted by Gasteiger charge is 2.20. The van der Waals surface area contributed by atoms with E-state index in [2.05, 4.69) is 12.1 Å². The van der Waals surface area contributed by atoms with E-state index in [9.17, 15) is 4.79 Å². The molecule has 1 heterocycles. The molecule has 0 spiro atoms. The van der Waals surface area contributed by atoms with Gasteiger partial charge in [-0.1, -0.05) is 49.4 Å². The fourth-order valence-electron chi connectivity index (χ4n) is 3.61. The molecule has 0 radical (unpaired) electrons. The summed E-state index contributed by atoms with van der Waals surface area (Å²) in [5.41, 5.74) is 2.30. The molecule has 0 aliphatic heterocycles. The van der Waals surface area contributed by atoms with Gasteiger partial charge < -0.3 is 14.1 Å². The van der Waals surface area contributed by atoms with Crippen molar-refractivity contribution in [2.45, 2.75) is 52.2 Å². The third-order valence-corrected chi connectivity index (χ3v) is 5.10. The van der Waals surface area contributed by atoms with Gasteiger partial charge in [0, 0.05) is 25.4 Å². The number of amides is 1. The molecule has 4 nitrogen and oxygen atoms in total. The Hall–Kier alpha value is -3.01. The number of rotatable bonds is 10. The van der Waals surface area contributed by atoms with Crippen LogP contribution in [0.15, 0.2) is 77.4 Å². The van der Waals surface area contributed by atoms with Crippen molar-refractivity contribution in [3.63, 3.8) is 0 Å². The smallest absolute Gasteiger partial charge is 0.222 e. The Morgan fingerprint density at radius 2 is 1.73 bits per heavy atom. The van der Waals surface area contributed by atoms with E-state index in [4.69, 9.17) is 9.15 Å². The molecule has 1 atom stereocenters. The van der Waals surface area contributed by atoms with Gasteiger partial charge in [0.15, 0.2) is 0 Å². The van der Waals surface area contributed by atoms with Crippen molar-refractivity contribution in [1.82, 2.24) is 4.90 Å². The first-order valence-corrected chi connectivity index (χ1v) is 10.7. The lowest BCUT2D eigenvalue weighted by Crippen LogP contribution is -2.31. The van der Waals surface area contributed by atoms with Gasteiger partial charge in [0.2, 0.25) is 5.91 Å². The number of hydrogen-bond acceptors (Lipinski definition) is 3. The zero-order chi connectivity index (χ0) is 21.3. The second kappa shape index (κ2) is 10.7. The predicted molar refractivity (Wildman–Crippen MR) is 120 cm³/mol. The first-order chi connectivity index (χ1) is 14.6. The van der Waals surface area contributed by atoms with Crippen LogP contribution in [0.2, 0.25) is 0 Å². The van der Waals surface area contributed by atoms with E-state index >= 15 is 0 Å². The number of hydrogen-bond donors (Lipinski definition) is 0. The van der Waals surface area contributed by atoms with Crippen LogP contribution in [0.3, 0.4) is 0 Å². The van der Waals surface area contributed by atoms with Crippen molar-refractivity contribution in [1.29, 1.82) is 0 Å². The van der Waals surface area contributed by atoms with Gasteiger partial charge in [-0.15, -0.1) is 0 Å². The van der Waals surface area contributed by atoms with Crippen molar-refractivity contribution in [2.75, 3.05) is 6.54 Å². The molecule has 1 aromatic heterocycles. The number of ether oxygens (including phenoxy) is 1. The molecule has 4 heteroatoms. The summed E-state index contributed by atoms with van der Waals surface area (Å²) in [7, 11) is 0. The lowest BCUT2D eigenvalue weighted by atomic mass is 9.93. The van der Waals surface area contributed by atoms with Gasteiger partial charge in [0.05, 0.1) is 12.4 Å². The minimum Gasteiger partial charge on any atom is -0.491 e. The summed E-state index contributed by atoms with van der Waals surface area (Å²) in [6.07, 6.45) is 3.15. The van der Waals surface area contributed by atoms with Crippen LogP contribution in [-0.2, 0) is 11.3 Å². The normalized spacial score (nSPS) is 12.0. The van der Waals surface area contributed by atoms with E-state index in [-0.39, 0.29) is 17.9 Å². The second-order valence-corrected chi connectivity index (χ2v) is 7.75. The lowest BCUT2D eigenvalue weighted by molar-refractivity contribution is -0.131. The van der Waals surface area contributed by atoms with E-state index in [0.717, 1.165) is 23.5 Å². The van der Waals surface area contributed by atoms with Gasteiger partial charge in [-0.25, -0.2) is 0 Å². The lowest BCUT2D eigenvalue weighted by Gasteiger charge is -2.25. The van der Waals surface area contributed by atoms with Gasteiger partial charge in [-0.05, 0) is 55.7 Å². The van der Waals surface area contributed by atoms with Crippen molar-refractivity contribution < 1.29 is 13.9 Å². The molecule has 0 saturated carbocycles. The number of nitrogens with zero attached hydrogens (tertiary/aromatic N) is 1. The number of carbonyl (C=O) groups is 1. The van der Waals surface area contributed by atoms with E-state index in [1.54, 1.807) is 6.26 Å². The monoisotopic (exact) mass is 405 g/mol. The third kappa shape index (κ3) is 5.99. The largest absolute Gasteiger partial charge is 0.491 e. The van der Waals surface area contributed by atoms with Gasteiger partial charge in [0.1, 0.15) is 11.5 Å². The average Bonchev–Trinajstić information content (AvgIpc) is 3.28. The minimum absolute atomic E-state index is 0.121. The summed E-state index contributed by atoms with van der Waals surface area (Å²) in [5, 5.41) is 0. The first-order valence-electron chi connectivity index (χ1n) is 10.7. The number of carbonyl (C=O) groups excluding carboxylic acids is 1. The SMILES string of the molecule is CCC(=O)N(CC[C@@H](c1ccccc1)c1ccco1)Cc1ccc(OC(C)C)cc1. The molecule has 0 unspecified atom stereocenters. The Morgan fingerprint density at radius 1 is 1.00 bits per heavy atom. The zero-order valence-electron chi connectivity index (χ0n) is 18.1. The van der Waals surface area contributed by atoms with Crippen LogP contribution in [0.5, 0.6) is 5.75 Å². The summed E-state index contributed by atoms with van der Waals surface area (Å²) in [6.45, 7) is 7.19. The molecule has 2 aromatic carbocycles. The standard InChI is InChI=1S/C26H31NO3/c1-4-26(28)27(19-21-12-14-23(15-13-21)30-20(2)3)17-16-24(25-11-8-18-29-25)22-9-6-5-7-10-22/h5-15,18,20,24H,4,16-17,19H2,1-3H3/t24-/m0/s1. The molecular formula is C26H31NO3. The number of furan rings is 1. The highest BCUT2D eigenvalue weighted by atomic mass is 16.5. The van der Waals surface area contributed by atoms with Crippen LogP contribution in [0.1, 0.15) is 56.4 Å². The Balaban J connectivity index is 1.71. The fourth-order valence-corrected chi connectivity index (χ4v) is 3.61. The number of benzene rings is 2. The molecule has 0 saturated heterocycles. The highest BCUT2D eigenvalue weighted by Crippen LogP contribution is 2.29. The molecule has 0 N–H and O–H groups in total. The second-order valence-electron chi connectivity index (χ2n) is 7.75. The zero-order valence-corrected chi connectivity index (χ0v) is 18.1. The van der Waals surface area contributed by atoms with Crippen molar-refractivity contribution in [3.05, 3.63) is 89.9 Å². The molecule has 0 fully saturated rings. The van der Waals surface area contributed by atoms with Crippen molar-refractivity contribution >= 4 is 5.91 Å². The Labute approximate surface area is 179 Å². The summed E-state index contributed by atoms with van der Waals surface area (Å²) in [5.74, 6) is 2.06. The van der Waals surface area contributed by atoms with E-state index in [1.165, 1.54) is 5.56 Å². The van der Waals surface area contributed by atoms with Crippen LogP contribution >= 0.6 is 0 Å². The van der Waals surface area contributed by atoms with Gasteiger partial charge in [-0.3, -0.25) is 4.79 Å². The molecule has 0 aliphatic carbocycles. The first kappa shape index (κ1) is 21.7. The van der Waals surface area contributed by atoms with E-state index in [0.29, 0.717) is 19.5 Å². The Morgan fingerprint density at radius 3 is 2.33 bits per heavy atom. The molecule has 0 bridgehead atoms. The average molecular weight is 406 g/mol. The van der Waals surface area contributed by atoms with Crippen LogP contribution in [0.4, 0.5) is 0 Å². The molecular weight excluding hydrogens is 374 g/mol. The van der Waals surface area contributed by atoms with Gasteiger partial charge >= 0.3 is 0 Å². The summed E-state index contributed by atoms with van der Waals surface area (Å²) in [6, 6.07) is 22.3. The molecule has 158 valence electrons. The Bertz CT molecular complexity index is 886. The fraction of sp³-hybridized carbons (Fsp3) is 0.346. The summed E-state index contributed by atoms with van der Waals surface area (Å²) < 4.78 is 11.4. The van der Waals surface area contributed by atoms with Crippen LogP contribution in [0, 0.1) is 0 Å². The van der Waals surface area contributed by atoms with Crippen molar-refractivity contribution in [2.24, 2.45) is 0 Å². The predicted octanol–water partition coefficient (Wildman–Crippen LogP) is 6.03. The quantitative estimate of drug-likeness (QED) is 0.414. The topological polar surface area (TPSA) is 42.7 Å². The Kier molecular flexibility index (Phi) is 7.72.